The van der Waals surface area contributed by atoms with Crippen molar-refractivity contribution >= 4 is 11.6 Å². The van der Waals surface area contributed by atoms with Crippen LogP contribution in [0.2, 0.25) is 0 Å². The van der Waals surface area contributed by atoms with Crippen molar-refractivity contribution in [1.29, 1.82) is 0 Å². The number of benzene rings is 2. The molecule has 128 valence electrons. The molecule has 24 heavy (non-hydrogen) atoms. The number of nitrogens with one attached hydrogen (secondary N) is 1. The second-order valence-electron chi connectivity index (χ2n) is 5.16. The summed E-state index contributed by atoms with van der Waals surface area (Å²) in [7, 11) is 3.18. The summed E-state index contributed by atoms with van der Waals surface area (Å²) in [5.41, 5.74) is 6.69. The van der Waals surface area contributed by atoms with Crippen LogP contribution in [0.3, 0.4) is 0 Å². The summed E-state index contributed by atoms with van der Waals surface area (Å²) in [6.07, 6.45) is -0.0850. The zero-order valence-corrected chi connectivity index (χ0v) is 14.2. The van der Waals surface area contributed by atoms with Gasteiger partial charge in [0.25, 0.3) is 0 Å². The number of anilines is 1. The van der Waals surface area contributed by atoms with Crippen molar-refractivity contribution in [2.24, 2.45) is 10.7 Å². The van der Waals surface area contributed by atoms with Crippen molar-refractivity contribution < 1.29 is 14.2 Å². The quantitative estimate of drug-likeness (QED) is 0.603. The summed E-state index contributed by atoms with van der Waals surface area (Å²) < 4.78 is 16.2. The Kier molecular flexibility index (Phi) is 6.31. The van der Waals surface area contributed by atoms with Gasteiger partial charge in [0.15, 0.2) is 17.5 Å². The molecule has 2 aromatic carbocycles. The van der Waals surface area contributed by atoms with E-state index in [-0.39, 0.29) is 6.10 Å². The molecule has 6 heteroatoms. The van der Waals surface area contributed by atoms with Gasteiger partial charge in [0.1, 0.15) is 11.9 Å². The highest BCUT2D eigenvalue weighted by Gasteiger charge is 2.06. The average molecular weight is 329 g/mol. The van der Waals surface area contributed by atoms with Gasteiger partial charge in [-0.15, -0.1) is 0 Å². The SMILES string of the molecule is COc1ccc(NC(N)=NCC(C)Oc2ccccc2)cc1OC. The summed E-state index contributed by atoms with van der Waals surface area (Å²) in [6, 6.07) is 15.1. The molecule has 0 heterocycles. The molecule has 0 amide bonds. The molecule has 6 nitrogen and oxygen atoms in total. The van der Waals surface area contributed by atoms with Gasteiger partial charge in [-0.2, -0.15) is 0 Å². The molecule has 0 bridgehead atoms. The van der Waals surface area contributed by atoms with Crippen molar-refractivity contribution in [2.45, 2.75) is 13.0 Å². The van der Waals surface area contributed by atoms with E-state index in [0.717, 1.165) is 11.4 Å². The number of hydrogen-bond donors (Lipinski definition) is 2. The smallest absolute Gasteiger partial charge is 0.193 e. The van der Waals surface area contributed by atoms with Crippen molar-refractivity contribution in [3.8, 4) is 17.2 Å². The maximum absolute atomic E-state index is 5.92. The number of aliphatic imine (C=N–C) groups is 1. The third kappa shape index (κ3) is 5.08. The van der Waals surface area contributed by atoms with Gasteiger partial charge in [0, 0.05) is 11.8 Å². The minimum Gasteiger partial charge on any atom is -0.493 e. The molecule has 0 saturated heterocycles. The Morgan fingerprint density at radius 3 is 2.46 bits per heavy atom. The van der Waals surface area contributed by atoms with Crippen LogP contribution in [0.15, 0.2) is 53.5 Å². The number of nitrogens with zero attached hydrogens (tertiary/aromatic N) is 1. The lowest BCUT2D eigenvalue weighted by Crippen LogP contribution is -2.25. The Balaban J connectivity index is 1.91. The lowest BCUT2D eigenvalue weighted by atomic mass is 10.3. The van der Waals surface area contributed by atoms with Crippen LogP contribution in [0.5, 0.6) is 17.2 Å². The molecule has 0 spiro atoms. The Bertz CT molecular complexity index is 674. The van der Waals surface area contributed by atoms with E-state index in [1.165, 1.54) is 0 Å². The van der Waals surface area contributed by atoms with Crippen molar-refractivity contribution in [2.75, 3.05) is 26.1 Å². The molecule has 0 fully saturated rings. The van der Waals surface area contributed by atoms with Gasteiger partial charge in [-0.3, -0.25) is 0 Å². The zero-order valence-electron chi connectivity index (χ0n) is 14.2. The number of ether oxygens (including phenoxy) is 3. The zero-order chi connectivity index (χ0) is 17.4. The predicted octanol–water partition coefficient (Wildman–Crippen LogP) is 2.90. The maximum Gasteiger partial charge on any atom is 0.193 e. The van der Waals surface area contributed by atoms with Crippen molar-refractivity contribution in [3.05, 3.63) is 48.5 Å². The summed E-state index contributed by atoms with van der Waals surface area (Å²) in [5, 5.41) is 3.02. The summed E-state index contributed by atoms with van der Waals surface area (Å²) >= 11 is 0. The van der Waals surface area contributed by atoms with Crippen LogP contribution in [0.25, 0.3) is 0 Å². The highest BCUT2D eigenvalue weighted by atomic mass is 16.5. The highest BCUT2D eigenvalue weighted by Crippen LogP contribution is 2.29. The van der Waals surface area contributed by atoms with Gasteiger partial charge < -0.3 is 25.3 Å². The van der Waals surface area contributed by atoms with E-state index in [2.05, 4.69) is 10.3 Å². The lowest BCUT2D eigenvalue weighted by Gasteiger charge is -2.14. The van der Waals surface area contributed by atoms with Gasteiger partial charge in [0.2, 0.25) is 0 Å². The summed E-state index contributed by atoms with van der Waals surface area (Å²) in [6.45, 7) is 2.39. The fourth-order valence-electron chi connectivity index (χ4n) is 2.10. The third-order valence-corrected chi connectivity index (χ3v) is 3.26. The van der Waals surface area contributed by atoms with Crippen molar-refractivity contribution in [3.63, 3.8) is 0 Å². The summed E-state index contributed by atoms with van der Waals surface area (Å²) in [4.78, 5) is 4.30. The Hall–Kier alpha value is -2.89. The molecule has 2 aromatic rings. The molecule has 1 atom stereocenters. The van der Waals surface area contributed by atoms with Gasteiger partial charge in [-0.05, 0) is 31.2 Å². The van der Waals surface area contributed by atoms with Crippen molar-refractivity contribution in [1.82, 2.24) is 0 Å². The molecule has 0 aliphatic heterocycles. The molecule has 0 aromatic heterocycles. The summed E-state index contributed by atoms with van der Waals surface area (Å²) in [5.74, 6) is 2.40. The number of nitrogens with two attached hydrogens (primary N) is 1. The van der Waals surface area contributed by atoms with E-state index < -0.39 is 0 Å². The molecule has 0 saturated carbocycles. The lowest BCUT2D eigenvalue weighted by molar-refractivity contribution is 0.230. The van der Waals surface area contributed by atoms with E-state index in [4.69, 9.17) is 19.9 Å². The first-order valence-corrected chi connectivity index (χ1v) is 7.63. The van der Waals surface area contributed by atoms with Gasteiger partial charge in [-0.25, -0.2) is 4.99 Å². The normalized spacial score (nSPS) is 12.4. The third-order valence-electron chi connectivity index (χ3n) is 3.26. The standard InChI is InChI=1S/C18H23N3O3/c1-13(24-15-7-5-4-6-8-15)12-20-18(19)21-14-9-10-16(22-2)17(11-14)23-3/h4-11,13H,12H2,1-3H3,(H3,19,20,21). The van der Waals surface area contributed by atoms with Gasteiger partial charge >= 0.3 is 0 Å². The molecule has 0 aliphatic carbocycles. The largest absolute Gasteiger partial charge is 0.493 e. The van der Waals surface area contributed by atoms with Crippen LogP contribution in [0, 0.1) is 0 Å². The highest BCUT2D eigenvalue weighted by molar-refractivity contribution is 5.92. The monoisotopic (exact) mass is 329 g/mol. The molecular formula is C18H23N3O3. The molecule has 0 radical (unpaired) electrons. The predicted molar refractivity (Wildman–Crippen MR) is 96.2 cm³/mol. The fourth-order valence-corrected chi connectivity index (χ4v) is 2.10. The fraction of sp³-hybridized carbons (Fsp3) is 0.278. The first-order chi connectivity index (χ1) is 11.6. The second kappa shape index (κ2) is 8.67. The molecule has 2 rings (SSSR count). The topological polar surface area (TPSA) is 78.1 Å². The average Bonchev–Trinajstić information content (AvgIpc) is 2.60. The minimum atomic E-state index is -0.0850. The van der Waals surface area contributed by atoms with Crippen LogP contribution >= 0.6 is 0 Å². The first-order valence-electron chi connectivity index (χ1n) is 7.63. The van der Waals surface area contributed by atoms with E-state index in [1.807, 2.05) is 43.3 Å². The van der Waals surface area contributed by atoms with Crippen LogP contribution in [0.4, 0.5) is 5.69 Å². The van der Waals surface area contributed by atoms with Crippen LogP contribution in [0.1, 0.15) is 6.92 Å². The van der Waals surface area contributed by atoms with E-state index in [0.29, 0.717) is 24.0 Å². The van der Waals surface area contributed by atoms with Gasteiger partial charge in [-0.1, -0.05) is 18.2 Å². The Labute approximate surface area is 142 Å². The second-order valence-corrected chi connectivity index (χ2v) is 5.16. The molecular weight excluding hydrogens is 306 g/mol. The molecule has 1 unspecified atom stereocenters. The van der Waals surface area contributed by atoms with Crippen LogP contribution < -0.4 is 25.3 Å². The number of para-hydroxylation sites is 1. The first kappa shape index (κ1) is 17.5. The minimum absolute atomic E-state index is 0.0850. The van der Waals surface area contributed by atoms with E-state index >= 15 is 0 Å². The number of methoxy groups -OCH3 is 2. The maximum atomic E-state index is 5.92. The number of rotatable bonds is 7. The number of hydrogen-bond acceptors (Lipinski definition) is 4. The van der Waals surface area contributed by atoms with E-state index in [1.54, 1.807) is 26.4 Å². The van der Waals surface area contributed by atoms with Crippen LogP contribution in [-0.2, 0) is 0 Å². The Morgan fingerprint density at radius 1 is 1.08 bits per heavy atom. The molecule has 3 N–H and O–H groups in total. The number of guanidine groups is 1. The van der Waals surface area contributed by atoms with Gasteiger partial charge in [0.05, 0.1) is 20.8 Å². The van der Waals surface area contributed by atoms with Crippen LogP contribution in [-0.4, -0.2) is 32.8 Å². The van der Waals surface area contributed by atoms with E-state index in [9.17, 15) is 0 Å². The Morgan fingerprint density at radius 2 is 1.79 bits per heavy atom. The molecule has 0 aliphatic rings.